The second-order valence-corrected chi connectivity index (χ2v) is 3.77. The molecule has 0 saturated heterocycles. The van der Waals surface area contributed by atoms with Gasteiger partial charge in [-0.05, 0) is 19.4 Å². The van der Waals surface area contributed by atoms with Crippen molar-refractivity contribution in [2.45, 2.75) is 25.8 Å². The molecule has 1 aromatic heterocycles. The molecule has 0 aromatic carbocycles. The van der Waals surface area contributed by atoms with Gasteiger partial charge in [0.25, 0.3) is 0 Å². The molecular weight excluding hydrogens is 192 g/mol. The maximum absolute atomic E-state index is 9.25. The topological polar surface area (TPSA) is 83.2 Å². The van der Waals surface area contributed by atoms with Gasteiger partial charge in [0.1, 0.15) is 5.82 Å². The van der Waals surface area contributed by atoms with E-state index < -0.39 is 0 Å². The number of aromatic nitrogens is 1. The van der Waals surface area contributed by atoms with Gasteiger partial charge in [0.05, 0.1) is 12.1 Å². The van der Waals surface area contributed by atoms with Gasteiger partial charge in [-0.25, -0.2) is 10.8 Å². The van der Waals surface area contributed by atoms with Crippen LogP contribution in [-0.2, 0) is 0 Å². The van der Waals surface area contributed by atoms with Crippen LogP contribution < -0.4 is 16.6 Å². The van der Waals surface area contributed by atoms with Crippen LogP contribution in [0.5, 0.6) is 0 Å². The molecule has 0 bridgehead atoms. The Labute approximate surface area is 89.7 Å². The Kier molecular flexibility index (Phi) is 3.88. The van der Waals surface area contributed by atoms with Crippen molar-refractivity contribution >= 4 is 11.5 Å². The van der Waals surface area contributed by atoms with Crippen LogP contribution in [0.3, 0.4) is 0 Å². The fourth-order valence-electron chi connectivity index (χ4n) is 1.18. The number of pyridine rings is 1. The van der Waals surface area contributed by atoms with Crippen molar-refractivity contribution in [3.63, 3.8) is 0 Å². The average molecular weight is 210 g/mol. The molecule has 15 heavy (non-hydrogen) atoms. The monoisotopic (exact) mass is 210 g/mol. The van der Waals surface area contributed by atoms with E-state index in [-0.39, 0.29) is 12.1 Å². The number of hydrogen-bond acceptors (Lipinski definition) is 5. The summed E-state index contributed by atoms with van der Waals surface area (Å²) in [6.07, 6.45) is 2.49. The van der Waals surface area contributed by atoms with E-state index in [9.17, 15) is 5.11 Å². The lowest BCUT2D eigenvalue weighted by Gasteiger charge is -2.28. The predicted octanol–water partition coefficient (Wildman–Crippen LogP) is 0.940. The van der Waals surface area contributed by atoms with Crippen molar-refractivity contribution in [3.05, 3.63) is 18.3 Å². The first-order valence-electron chi connectivity index (χ1n) is 4.95. The Hall–Kier alpha value is -1.33. The molecule has 5 heteroatoms. The molecule has 84 valence electrons. The molecule has 1 atom stereocenters. The fraction of sp³-hybridized carbons (Fsp3) is 0.500. The standard InChI is InChI=1S/C10H18N4O/c1-3-10(2,7-15)13-8-4-5-12-9(6-8)14-11/h4-6,15H,3,7,11H2,1-2H3,(H2,12,13,14). The summed E-state index contributed by atoms with van der Waals surface area (Å²) in [5.74, 6) is 5.85. The van der Waals surface area contributed by atoms with E-state index in [0.717, 1.165) is 12.1 Å². The number of nitrogens with two attached hydrogens (primary N) is 1. The molecule has 5 N–H and O–H groups in total. The smallest absolute Gasteiger partial charge is 0.141 e. The summed E-state index contributed by atoms with van der Waals surface area (Å²) in [4.78, 5) is 4.00. The van der Waals surface area contributed by atoms with Crippen molar-refractivity contribution in [1.82, 2.24) is 4.98 Å². The first kappa shape index (κ1) is 11.7. The van der Waals surface area contributed by atoms with Crippen LogP contribution in [0.15, 0.2) is 18.3 Å². The van der Waals surface area contributed by atoms with Crippen LogP contribution in [0.4, 0.5) is 11.5 Å². The first-order valence-corrected chi connectivity index (χ1v) is 4.95. The predicted molar refractivity (Wildman–Crippen MR) is 61.5 cm³/mol. The van der Waals surface area contributed by atoms with Crippen molar-refractivity contribution < 1.29 is 5.11 Å². The lowest BCUT2D eigenvalue weighted by Crippen LogP contribution is -2.37. The number of nitrogen functional groups attached to an aromatic ring is 1. The van der Waals surface area contributed by atoms with Crippen LogP contribution >= 0.6 is 0 Å². The summed E-state index contributed by atoms with van der Waals surface area (Å²) < 4.78 is 0. The summed E-state index contributed by atoms with van der Waals surface area (Å²) in [6.45, 7) is 4.06. The molecule has 1 rings (SSSR count). The van der Waals surface area contributed by atoms with E-state index in [4.69, 9.17) is 5.84 Å². The first-order chi connectivity index (χ1) is 7.13. The minimum atomic E-state index is -0.312. The maximum Gasteiger partial charge on any atom is 0.141 e. The number of hydrazine groups is 1. The quantitative estimate of drug-likeness (QED) is 0.429. The molecule has 1 heterocycles. The van der Waals surface area contributed by atoms with Crippen LogP contribution in [0.25, 0.3) is 0 Å². The van der Waals surface area contributed by atoms with Gasteiger partial charge in [-0.1, -0.05) is 6.92 Å². The van der Waals surface area contributed by atoms with Gasteiger partial charge < -0.3 is 15.8 Å². The number of aliphatic hydroxyl groups is 1. The van der Waals surface area contributed by atoms with E-state index in [2.05, 4.69) is 15.7 Å². The molecule has 0 radical (unpaired) electrons. The molecule has 0 saturated carbocycles. The molecule has 1 unspecified atom stereocenters. The fourth-order valence-corrected chi connectivity index (χ4v) is 1.18. The van der Waals surface area contributed by atoms with E-state index in [0.29, 0.717) is 5.82 Å². The molecule has 0 spiro atoms. The van der Waals surface area contributed by atoms with Crippen LogP contribution in [-0.4, -0.2) is 22.2 Å². The molecule has 0 fully saturated rings. The Bertz CT molecular complexity index is 312. The molecule has 0 aliphatic rings. The SMILES string of the molecule is CCC(C)(CO)Nc1ccnc(NN)c1. The highest BCUT2D eigenvalue weighted by Gasteiger charge is 2.20. The second-order valence-electron chi connectivity index (χ2n) is 3.77. The second kappa shape index (κ2) is 4.95. The zero-order valence-corrected chi connectivity index (χ0v) is 9.12. The number of nitrogens with zero attached hydrogens (tertiary/aromatic N) is 1. The van der Waals surface area contributed by atoms with E-state index >= 15 is 0 Å². The van der Waals surface area contributed by atoms with Gasteiger partial charge in [-0.15, -0.1) is 0 Å². The molecule has 5 nitrogen and oxygen atoms in total. The van der Waals surface area contributed by atoms with Crippen LogP contribution in [0.2, 0.25) is 0 Å². The Morgan fingerprint density at radius 3 is 2.87 bits per heavy atom. The highest BCUT2D eigenvalue weighted by Crippen LogP contribution is 2.19. The van der Waals surface area contributed by atoms with Gasteiger partial charge in [0.15, 0.2) is 0 Å². The van der Waals surface area contributed by atoms with Gasteiger partial charge in [-0.3, -0.25) is 0 Å². The molecule has 0 aliphatic heterocycles. The highest BCUT2D eigenvalue weighted by atomic mass is 16.3. The van der Waals surface area contributed by atoms with Crippen molar-refractivity contribution in [2.75, 3.05) is 17.3 Å². The third kappa shape index (κ3) is 3.07. The lowest BCUT2D eigenvalue weighted by atomic mass is 10.00. The van der Waals surface area contributed by atoms with E-state index in [1.165, 1.54) is 0 Å². The number of hydrogen-bond donors (Lipinski definition) is 4. The largest absolute Gasteiger partial charge is 0.394 e. The van der Waals surface area contributed by atoms with Crippen molar-refractivity contribution in [3.8, 4) is 0 Å². The highest BCUT2D eigenvalue weighted by molar-refractivity contribution is 5.52. The van der Waals surface area contributed by atoms with Gasteiger partial charge >= 0.3 is 0 Å². The summed E-state index contributed by atoms with van der Waals surface area (Å²) in [5, 5.41) is 12.5. The molecule has 1 aromatic rings. The average Bonchev–Trinajstić information content (AvgIpc) is 2.29. The summed E-state index contributed by atoms with van der Waals surface area (Å²) in [7, 11) is 0. The summed E-state index contributed by atoms with van der Waals surface area (Å²) in [6, 6.07) is 3.63. The summed E-state index contributed by atoms with van der Waals surface area (Å²) in [5.41, 5.74) is 3.05. The number of aliphatic hydroxyl groups excluding tert-OH is 1. The number of anilines is 2. The zero-order chi connectivity index (χ0) is 11.3. The number of rotatable bonds is 5. The minimum absolute atomic E-state index is 0.0806. The molecule has 0 amide bonds. The minimum Gasteiger partial charge on any atom is -0.394 e. The Morgan fingerprint density at radius 2 is 2.33 bits per heavy atom. The van der Waals surface area contributed by atoms with Crippen LogP contribution in [0, 0.1) is 0 Å². The maximum atomic E-state index is 9.25. The number of nitrogens with one attached hydrogen (secondary N) is 2. The van der Waals surface area contributed by atoms with Crippen LogP contribution in [0.1, 0.15) is 20.3 Å². The van der Waals surface area contributed by atoms with Gasteiger partial charge in [0.2, 0.25) is 0 Å². The summed E-state index contributed by atoms with van der Waals surface area (Å²) >= 11 is 0. The Morgan fingerprint density at radius 1 is 1.60 bits per heavy atom. The normalized spacial score (nSPS) is 14.4. The molecular formula is C10H18N4O. The van der Waals surface area contributed by atoms with Crippen molar-refractivity contribution in [1.29, 1.82) is 0 Å². The third-order valence-electron chi connectivity index (χ3n) is 2.48. The molecule has 0 aliphatic carbocycles. The third-order valence-corrected chi connectivity index (χ3v) is 2.48. The lowest BCUT2D eigenvalue weighted by molar-refractivity contribution is 0.219. The van der Waals surface area contributed by atoms with E-state index in [1.54, 1.807) is 12.3 Å². The van der Waals surface area contributed by atoms with E-state index in [1.807, 2.05) is 19.9 Å². The van der Waals surface area contributed by atoms with Crippen molar-refractivity contribution in [2.24, 2.45) is 5.84 Å². The van der Waals surface area contributed by atoms with Gasteiger partial charge in [0, 0.05) is 18.0 Å². The van der Waals surface area contributed by atoms with Gasteiger partial charge in [-0.2, -0.15) is 0 Å². The Balaban J connectivity index is 2.79. The zero-order valence-electron chi connectivity index (χ0n) is 9.12.